The van der Waals surface area contributed by atoms with Crippen molar-refractivity contribution in [3.05, 3.63) is 29.3 Å². The summed E-state index contributed by atoms with van der Waals surface area (Å²) in [7, 11) is 3.13. The van der Waals surface area contributed by atoms with Crippen LogP contribution in [0, 0.1) is 12.3 Å². The number of nitrogens with one attached hydrogen (secondary N) is 1. The molecule has 0 aliphatic carbocycles. The van der Waals surface area contributed by atoms with Gasteiger partial charge >= 0.3 is 0 Å². The molecule has 14 heavy (non-hydrogen) atoms. The number of ether oxygens (including phenoxy) is 2. The summed E-state index contributed by atoms with van der Waals surface area (Å²) in [6.45, 7) is 2.01. The number of rotatable bonds is 3. The Bertz CT molecular complexity index is 334. The highest BCUT2D eigenvalue weighted by molar-refractivity contribution is 5.76. The van der Waals surface area contributed by atoms with Gasteiger partial charge in [-0.05, 0) is 13.0 Å². The molecule has 1 aromatic rings. The Hall–Kier alpha value is -1.51. The Balaban J connectivity index is 2.93. The van der Waals surface area contributed by atoms with E-state index in [4.69, 9.17) is 14.9 Å². The molecule has 0 saturated heterocycles. The Morgan fingerprint density at radius 3 is 2.64 bits per heavy atom. The lowest BCUT2D eigenvalue weighted by Crippen LogP contribution is -2.05. The molecule has 0 unspecified atom stereocenters. The minimum Gasteiger partial charge on any atom is -0.496 e. The Labute approximate surface area is 84.2 Å². The van der Waals surface area contributed by atoms with E-state index >= 15 is 0 Å². The number of hydrogen-bond donors (Lipinski definition) is 1. The Kier molecular flexibility index (Phi) is 3.51. The lowest BCUT2D eigenvalue weighted by atomic mass is 10.1. The van der Waals surface area contributed by atoms with Crippen LogP contribution in [0.1, 0.15) is 11.1 Å². The average molecular weight is 193 g/mol. The van der Waals surface area contributed by atoms with Gasteiger partial charge in [0.25, 0.3) is 0 Å². The third-order valence-electron chi connectivity index (χ3n) is 2.03. The summed E-state index contributed by atoms with van der Waals surface area (Å²) >= 11 is 0. The summed E-state index contributed by atoms with van der Waals surface area (Å²) in [6, 6.07) is 5.90. The second-order valence-electron chi connectivity index (χ2n) is 3.12. The standard InChI is InChI=1S/C11H15NO2/c1-8-4-5-10(13-2)9(6-8)7-11(12)14-3/h4-6,12H,7H2,1-3H3. The summed E-state index contributed by atoms with van der Waals surface area (Å²) in [4.78, 5) is 0. The number of aryl methyl sites for hydroxylation is 1. The third-order valence-corrected chi connectivity index (χ3v) is 2.03. The molecule has 0 spiro atoms. The van der Waals surface area contributed by atoms with Gasteiger partial charge in [0.1, 0.15) is 5.75 Å². The van der Waals surface area contributed by atoms with Crippen molar-refractivity contribution in [2.75, 3.05) is 14.2 Å². The van der Waals surface area contributed by atoms with E-state index in [0.29, 0.717) is 6.42 Å². The van der Waals surface area contributed by atoms with Gasteiger partial charge in [-0.25, -0.2) is 0 Å². The fourth-order valence-corrected chi connectivity index (χ4v) is 1.29. The smallest absolute Gasteiger partial charge is 0.184 e. The highest BCUT2D eigenvalue weighted by Crippen LogP contribution is 2.20. The van der Waals surface area contributed by atoms with Crippen LogP contribution in [-0.4, -0.2) is 20.1 Å². The average Bonchev–Trinajstić information content (AvgIpc) is 2.18. The SMILES string of the molecule is COC(=N)Cc1cc(C)ccc1OC. The van der Waals surface area contributed by atoms with Crippen molar-refractivity contribution in [1.82, 2.24) is 0 Å². The van der Waals surface area contributed by atoms with Crippen molar-refractivity contribution in [3.8, 4) is 5.75 Å². The molecule has 3 heteroatoms. The lowest BCUT2D eigenvalue weighted by molar-refractivity contribution is 0.385. The van der Waals surface area contributed by atoms with Crippen LogP contribution >= 0.6 is 0 Å². The first-order valence-electron chi connectivity index (χ1n) is 4.42. The van der Waals surface area contributed by atoms with Crippen LogP contribution in [0.2, 0.25) is 0 Å². The van der Waals surface area contributed by atoms with Crippen LogP contribution in [0.5, 0.6) is 5.75 Å². The monoisotopic (exact) mass is 193 g/mol. The van der Waals surface area contributed by atoms with E-state index < -0.39 is 0 Å². The molecule has 1 rings (SSSR count). The molecule has 1 aromatic carbocycles. The quantitative estimate of drug-likeness (QED) is 0.590. The Morgan fingerprint density at radius 2 is 2.07 bits per heavy atom. The van der Waals surface area contributed by atoms with Gasteiger partial charge in [0, 0.05) is 5.56 Å². The maximum absolute atomic E-state index is 7.44. The van der Waals surface area contributed by atoms with E-state index in [1.165, 1.54) is 7.11 Å². The van der Waals surface area contributed by atoms with E-state index in [1.54, 1.807) is 7.11 Å². The molecule has 0 aromatic heterocycles. The maximum Gasteiger partial charge on any atom is 0.184 e. The minimum absolute atomic E-state index is 0.244. The highest BCUT2D eigenvalue weighted by atomic mass is 16.5. The molecule has 0 aliphatic heterocycles. The normalized spacial score (nSPS) is 9.64. The number of hydrogen-bond acceptors (Lipinski definition) is 3. The molecule has 0 fully saturated rings. The van der Waals surface area contributed by atoms with Gasteiger partial charge < -0.3 is 9.47 Å². The number of methoxy groups -OCH3 is 2. The fourth-order valence-electron chi connectivity index (χ4n) is 1.29. The first-order chi connectivity index (χ1) is 6.67. The molecule has 1 N–H and O–H groups in total. The lowest BCUT2D eigenvalue weighted by Gasteiger charge is -2.09. The van der Waals surface area contributed by atoms with Gasteiger partial charge in [-0.15, -0.1) is 0 Å². The zero-order valence-corrected chi connectivity index (χ0v) is 8.76. The van der Waals surface area contributed by atoms with Crippen molar-refractivity contribution in [2.45, 2.75) is 13.3 Å². The summed E-state index contributed by atoms with van der Waals surface area (Å²) in [5, 5.41) is 7.44. The van der Waals surface area contributed by atoms with Gasteiger partial charge in [-0.1, -0.05) is 17.7 Å². The van der Waals surface area contributed by atoms with Crippen LogP contribution in [-0.2, 0) is 11.2 Å². The molecular formula is C11H15NO2. The van der Waals surface area contributed by atoms with E-state index in [2.05, 4.69) is 0 Å². The van der Waals surface area contributed by atoms with E-state index in [1.807, 2.05) is 25.1 Å². The van der Waals surface area contributed by atoms with Gasteiger partial charge in [0.05, 0.1) is 20.6 Å². The minimum atomic E-state index is 0.244. The summed E-state index contributed by atoms with van der Waals surface area (Å²) < 4.78 is 10.0. The molecule has 0 saturated carbocycles. The second kappa shape index (κ2) is 4.65. The van der Waals surface area contributed by atoms with Crippen molar-refractivity contribution in [3.63, 3.8) is 0 Å². The van der Waals surface area contributed by atoms with Crippen molar-refractivity contribution >= 4 is 5.90 Å². The molecule has 3 nitrogen and oxygen atoms in total. The van der Waals surface area contributed by atoms with Gasteiger partial charge in [-0.2, -0.15) is 0 Å². The van der Waals surface area contributed by atoms with Crippen LogP contribution in [0.25, 0.3) is 0 Å². The zero-order valence-electron chi connectivity index (χ0n) is 8.76. The van der Waals surface area contributed by atoms with Gasteiger partial charge in [-0.3, -0.25) is 5.41 Å². The maximum atomic E-state index is 7.44. The molecule has 0 aliphatic rings. The van der Waals surface area contributed by atoms with Crippen LogP contribution in [0.15, 0.2) is 18.2 Å². The highest BCUT2D eigenvalue weighted by Gasteiger charge is 2.05. The fraction of sp³-hybridized carbons (Fsp3) is 0.364. The van der Waals surface area contributed by atoms with E-state index in [-0.39, 0.29) is 5.90 Å². The summed E-state index contributed by atoms with van der Waals surface area (Å²) in [5.41, 5.74) is 2.14. The molecule has 0 bridgehead atoms. The largest absolute Gasteiger partial charge is 0.496 e. The first-order valence-corrected chi connectivity index (χ1v) is 4.42. The third kappa shape index (κ3) is 2.49. The molecule has 0 amide bonds. The second-order valence-corrected chi connectivity index (χ2v) is 3.12. The summed E-state index contributed by atoms with van der Waals surface area (Å²) in [5.74, 6) is 1.05. The molecule has 0 atom stereocenters. The predicted octanol–water partition coefficient (Wildman–Crippen LogP) is 2.17. The molecule has 0 heterocycles. The summed E-state index contributed by atoms with van der Waals surface area (Å²) in [6.07, 6.45) is 0.474. The van der Waals surface area contributed by atoms with E-state index in [0.717, 1.165) is 16.9 Å². The topological polar surface area (TPSA) is 42.3 Å². The first kappa shape index (κ1) is 10.6. The zero-order chi connectivity index (χ0) is 10.6. The Morgan fingerprint density at radius 1 is 1.36 bits per heavy atom. The molecule has 76 valence electrons. The van der Waals surface area contributed by atoms with E-state index in [9.17, 15) is 0 Å². The van der Waals surface area contributed by atoms with Crippen molar-refractivity contribution in [1.29, 1.82) is 5.41 Å². The van der Waals surface area contributed by atoms with Gasteiger partial charge in [0.2, 0.25) is 0 Å². The van der Waals surface area contributed by atoms with Crippen molar-refractivity contribution < 1.29 is 9.47 Å². The van der Waals surface area contributed by atoms with Crippen LogP contribution in [0.3, 0.4) is 0 Å². The van der Waals surface area contributed by atoms with Crippen LogP contribution < -0.4 is 4.74 Å². The predicted molar refractivity (Wildman–Crippen MR) is 56.2 cm³/mol. The van der Waals surface area contributed by atoms with Crippen molar-refractivity contribution in [2.24, 2.45) is 0 Å². The molecular weight excluding hydrogens is 178 g/mol. The number of benzene rings is 1. The van der Waals surface area contributed by atoms with Gasteiger partial charge in [0.15, 0.2) is 5.90 Å². The van der Waals surface area contributed by atoms with Crippen LogP contribution in [0.4, 0.5) is 0 Å². The molecule has 0 radical (unpaired) electrons.